The minimum Gasteiger partial charge on any atom is -0.337 e. The summed E-state index contributed by atoms with van der Waals surface area (Å²) in [6.45, 7) is 1.38. The predicted molar refractivity (Wildman–Crippen MR) is 132 cm³/mol. The number of nitrogens with one attached hydrogen (secondary N) is 3. The first-order chi connectivity index (χ1) is 16.4. The largest absolute Gasteiger partial charge is 0.337 e. The summed E-state index contributed by atoms with van der Waals surface area (Å²) >= 11 is 1.11. The van der Waals surface area contributed by atoms with Gasteiger partial charge >= 0.3 is 0 Å². The van der Waals surface area contributed by atoms with E-state index in [0.29, 0.717) is 27.9 Å². The van der Waals surface area contributed by atoms with Gasteiger partial charge in [0.25, 0.3) is 10.0 Å². The van der Waals surface area contributed by atoms with Crippen molar-refractivity contribution in [2.24, 2.45) is 0 Å². The average molecular weight is 492 g/mol. The Morgan fingerprint density at radius 1 is 0.794 bits per heavy atom. The summed E-state index contributed by atoms with van der Waals surface area (Å²) in [5.74, 6) is 0.0309. The molecule has 170 valence electrons. The zero-order valence-electron chi connectivity index (χ0n) is 17.7. The lowest BCUT2D eigenvalue weighted by atomic mass is 10.2. The maximum Gasteiger partial charge on any atom is 0.263 e. The molecule has 0 atom stereocenters. The van der Waals surface area contributed by atoms with Crippen LogP contribution in [0.1, 0.15) is 6.92 Å². The molecule has 0 fully saturated rings. The first-order valence-electron chi connectivity index (χ1n) is 10.0. The van der Waals surface area contributed by atoms with Gasteiger partial charge in [0.1, 0.15) is 11.0 Å². The third kappa shape index (κ3) is 4.49. The minimum atomic E-state index is -3.99. The molecule has 0 bridgehead atoms. The third-order valence-electron chi connectivity index (χ3n) is 4.80. The summed E-state index contributed by atoms with van der Waals surface area (Å²) in [5.41, 5.74) is 3.76. The smallest absolute Gasteiger partial charge is 0.263 e. The molecule has 0 unspecified atom stereocenters. The maximum absolute atomic E-state index is 13.1. The van der Waals surface area contributed by atoms with Gasteiger partial charge in [-0.05, 0) is 54.6 Å². The van der Waals surface area contributed by atoms with Crippen molar-refractivity contribution in [3.05, 3.63) is 66.7 Å². The SMILES string of the molecule is CC(=O)Nc1ccc(S(=O)(=O)Nc2nc3ccccc3nc2Nc2ccc3nsnc3c2)cc1. The second-order valence-electron chi connectivity index (χ2n) is 7.31. The van der Waals surface area contributed by atoms with E-state index in [1.54, 1.807) is 30.3 Å². The molecule has 0 saturated carbocycles. The monoisotopic (exact) mass is 491 g/mol. The molecule has 12 heteroatoms. The van der Waals surface area contributed by atoms with Crippen molar-refractivity contribution >= 4 is 72.7 Å². The number of aromatic nitrogens is 4. The fraction of sp³-hybridized carbons (Fsp3) is 0.0455. The lowest BCUT2D eigenvalue weighted by Crippen LogP contribution is -2.16. The number of carbonyl (C=O) groups is 1. The number of fused-ring (bicyclic) bond motifs is 2. The molecule has 0 aliphatic rings. The van der Waals surface area contributed by atoms with Crippen LogP contribution in [0.5, 0.6) is 0 Å². The van der Waals surface area contributed by atoms with Crippen molar-refractivity contribution in [2.45, 2.75) is 11.8 Å². The second kappa shape index (κ2) is 8.65. The summed E-state index contributed by atoms with van der Waals surface area (Å²) < 4.78 is 37.2. The normalized spacial score (nSPS) is 11.4. The first kappa shape index (κ1) is 21.7. The molecule has 2 heterocycles. The number of para-hydroxylation sites is 2. The lowest BCUT2D eigenvalue weighted by Gasteiger charge is -2.14. The number of hydrogen-bond acceptors (Lipinski definition) is 9. The number of sulfonamides is 1. The highest BCUT2D eigenvalue weighted by atomic mass is 32.2. The molecule has 5 aromatic rings. The predicted octanol–water partition coefficient (Wildman–Crippen LogP) is 4.14. The van der Waals surface area contributed by atoms with E-state index in [9.17, 15) is 13.2 Å². The summed E-state index contributed by atoms with van der Waals surface area (Å²) in [5, 5.41) is 5.75. The van der Waals surface area contributed by atoms with Crippen LogP contribution in [0, 0.1) is 0 Å². The standard InChI is InChI=1S/C22H17N7O3S2/c1-13(30)23-14-6-9-16(10-7-14)34(31,32)29-22-21(25-17-4-2-3-5-18(17)26-22)24-15-8-11-19-20(12-15)28-33-27-19/h2-12H,1H3,(H,23,30)(H,24,25)(H,26,29). The van der Waals surface area contributed by atoms with Crippen LogP contribution in [0.2, 0.25) is 0 Å². The van der Waals surface area contributed by atoms with E-state index in [4.69, 9.17) is 0 Å². The Balaban J connectivity index is 1.51. The molecule has 0 aliphatic heterocycles. The van der Waals surface area contributed by atoms with Gasteiger partial charge in [-0.3, -0.25) is 9.52 Å². The second-order valence-corrected chi connectivity index (χ2v) is 9.52. The Morgan fingerprint density at radius 3 is 2.15 bits per heavy atom. The number of carbonyl (C=O) groups excluding carboxylic acids is 1. The molecular formula is C22H17N7O3S2. The summed E-state index contributed by atoms with van der Waals surface area (Å²) in [6.07, 6.45) is 0. The Morgan fingerprint density at radius 2 is 1.44 bits per heavy atom. The van der Waals surface area contributed by atoms with Crippen molar-refractivity contribution in [1.29, 1.82) is 0 Å². The van der Waals surface area contributed by atoms with Crippen molar-refractivity contribution in [3.8, 4) is 0 Å². The van der Waals surface area contributed by atoms with Gasteiger partial charge in [0.05, 0.1) is 27.7 Å². The van der Waals surface area contributed by atoms with Crippen LogP contribution in [-0.4, -0.2) is 33.0 Å². The van der Waals surface area contributed by atoms with E-state index in [1.165, 1.54) is 31.2 Å². The van der Waals surface area contributed by atoms with E-state index < -0.39 is 10.0 Å². The number of hydrogen-bond donors (Lipinski definition) is 3. The fourth-order valence-corrected chi connectivity index (χ4v) is 4.79. The zero-order chi connectivity index (χ0) is 23.7. The van der Waals surface area contributed by atoms with E-state index in [-0.39, 0.29) is 22.4 Å². The van der Waals surface area contributed by atoms with Crippen LogP contribution in [0.3, 0.4) is 0 Å². The number of nitrogens with zero attached hydrogens (tertiary/aromatic N) is 4. The lowest BCUT2D eigenvalue weighted by molar-refractivity contribution is -0.114. The van der Waals surface area contributed by atoms with E-state index in [0.717, 1.165) is 17.2 Å². The third-order valence-corrected chi connectivity index (χ3v) is 6.71. The number of amides is 1. The van der Waals surface area contributed by atoms with E-state index in [2.05, 4.69) is 34.1 Å². The Hall–Kier alpha value is -4.16. The minimum absolute atomic E-state index is 0.0116. The number of rotatable bonds is 6. The molecule has 2 aromatic heterocycles. The molecule has 3 aromatic carbocycles. The summed E-state index contributed by atoms with van der Waals surface area (Å²) in [6, 6.07) is 18.4. The van der Waals surface area contributed by atoms with Crippen molar-refractivity contribution < 1.29 is 13.2 Å². The zero-order valence-corrected chi connectivity index (χ0v) is 19.3. The highest BCUT2D eigenvalue weighted by Gasteiger charge is 2.19. The van der Waals surface area contributed by atoms with Crippen LogP contribution in [-0.2, 0) is 14.8 Å². The van der Waals surface area contributed by atoms with Gasteiger partial charge in [0.15, 0.2) is 11.6 Å². The summed E-state index contributed by atoms with van der Waals surface area (Å²) in [7, 11) is -3.99. The Bertz CT molecular complexity index is 1630. The van der Waals surface area contributed by atoms with E-state index >= 15 is 0 Å². The molecule has 0 radical (unpaired) electrons. The molecule has 3 N–H and O–H groups in total. The summed E-state index contributed by atoms with van der Waals surface area (Å²) in [4.78, 5) is 20.3. The molecular weight excluding hydrogens is 474 g/mol. The molecule has 5 rings (SSSR count). The topological polar surface area (TPSA) is 139 Å². The van der Waals surface area contributed by atoms with Crippen LogP contribution < -0.4 is 15.4 Å². The van der Waals surface area contributed by atoms with Gasteiger partial charge in [-0.1, -0.05) is 12.1 Å². The highest BCUT2D eigenvalue weighted by Crippen LogP contribution is 2.28. The molecule has 0 aliphatic carbocycles. The van der Waals surface area contributed by atoms with Crippen LogP contribution >= 0.6 is 11.7 Å². The Labute approximate surface area is 198 Å². The van der Waals surface area contributed by atoms with Crippen LogP contribution in [0.15, 0.2) is 71.6 Å². The molecule has 1 amide bonds. The number of anilines is 4. The van der Waals surface area contributed by atoms with Crippen LogP contribution in [0.25, 0.3) is 22.1 Å². The van der Waals surface area contributed by atoms with Crippen molar-refractivity contribution in [1.82, 2.24) is 18.7 Å². The molecule has 10 nitrogen and oxygen atoms in total. The quantitative estimate of drug-likeness (QED) is 0.322. The van der Waals surface area contributed by atoms with Gasteiger partial charge in [0, 0.05) is 18.3 Å². The maximum atomic E-state index is 13.1. The molecule has 0 spiro atoms. The van der Waals surface area contributed by atoms with Crippen molar-refractivity contribution in [3.63, 3.8) is 0 Å². The number of benzene rings is 3. The molecule has 34 heavy (non-hydrogen) atoms. The average Bonchev–Trinajstić information content (AvgIpc) is 3.27. The first-order valence-corrected chi connectivity index (χ1v) is 12.3. The molecule has 0 saturated heterocycles. The Kier molecular flexibility index (Phi) is 5.51. The van der Waals surface area contributed by atoms with Crippen molar-refractivity contribution in [2.75, 3.05) is 15.4 Å². The van der Waals surface area contributed by atoms with Gasteiger partial charge in [-0.25, -0.2) is 18.4 Å². The van der Waals surface area contributed by atoms with E-state index in [1.807, 2.05) is 12.1 Å². The highest BCUT2D eigenvalue weighted by molar-refractivity contribution is 7.92. The van der Waals surface area contributed by atoms with Gasteiger partial charge in [-0.2, -0.15) is 8.75 Å². The van der Waals surface area contributed by atoms with Gasteiger partial charge < -0.3 is 10.6 Å². The van der Waals surface area contributed by atoms with Gasteiger partial charge in [0.2, 0.25) is 5.91 Å². The van der Waals surface area contributed by atoms with Crippen LogP contribution in [0.4, 0.5) is 23.0 Å². The fourth-order valence-electron chi connectivity index (χ4n) is 3.26. The van der Waals surface area contributed by atoms with Gasteiger partial charge in [-0.15, -0.1) is 0 Å².